The molecule has 1 atom stereocenters. The van der Waals surface area contributed by atoms with Crippen LogP contribution in [0.25, 0.3) is 0 Å². The van der Waals surface area contributed by atoms with Crippen molar-refractivity contribution in [3.8, 4) is 0 Å². The van der Waals surface area contributed by atoms with Gasteiger partial charge in [0.1, 0.15) is 0 Å². The first-order chi connectivity index (χ1) is 8.43. The largest absolute Gasteiger partial charge is 0.370 e. The summed E-state index contributed by atoms with van der Waals surface area (Å²) in [7, 11) is 0. The fourth-order valence-corrected chi connectivity index (χ4v) is 1.43. The minimum absolute atomic E-state index is 0.0718. The molecular formula is C12H27N5O. The van der Waals surface area contributed by atoms with E-state index in [1.54, 1.807) is 0 Å². The Balaban J connectivity index is 3.59. The van der Waals surface area contributed by atoms with Crippen molar-refractivity contribution in [1.82, 2.24) is 5.32 Å². The Bertz CT molecular complexity index is 261. The average Bonchev–Trinajstić information content (AvgIpc) is 2.27. The molecule has 0 radical (unpaired) electrons. The second-order valence-electron chi connectivity index (χ2n) is 4.88. The number of carbonyl (C=O) groups excluding carboxylic acids is 1. The van der Waals surface area contributed by atoms with E-state index in [1.807, 2.05) is 0 Å². The maximum Gasteiger partial charge on any atom is 0.236 e. The highest BCUT2D eigenvalue weighted by Gasteiger charge is 2.12. The normalized spacial score (nSPS) is 12.2. The third-order valence-electron chi connectivity index (χ3n) is 2.58. The molecule has 0 bridgehead atoms. The highest BCUT2D eigenvalue weighted by atomic mass is 16.2. The van der Waals surface area contributed by atoms with Gasteiger partial charge in [0.05, 0.1) is 6.04 Å². The highest BCUT2D eigenvalue weighted by molar-refractivity contribution is 5.81. The summed E-state index contributed by atoms with van der Waals surface area (Å²) >= 11 is 0. The second-order valence-corrected chi connectivity index (χ2v) is 4.88. The Kier molecular flexibility index (Phi) is 9.00. The zero-order valence-corrected chi connectivity index (χ0v) is 11.5. The fraction of sp³-hybridized carbons (Fsp3) is 0.833. The monoisotopic (exact) mass is 257 g/mol. The van der Waals surface area contributed by atoms with Crippen molar-refractivity contribution < 1.29 is 4.79 Å². The van der Waals surface area contributed by atoms with Crippen LogP contribution in [0.5, 0.6) is 0 Å². The number of amides is 1. The molecule has 0 fully saturated rings. The first-order valence-corrected chi connectivity index (χ1v) is 6.52. The Morgan fingerprint density at radius 3 is 2.44 bits per heavy atom. The molecule has 0 rings (SSSR count). The van der Waals surface area contributed by atoms with Gasteiger partial charge in [-0.05, 0) is 31.6 Å². The van der Waals surface area contributed by atoms with Crippen molar-refractivity contribution in [2.75, 3.05) is 13.1 Å². The maximum atomic E-state index is 11.6. The van der Waals surface area contributed by atoms with Crippen LogP contribution in [0.3, 0.4) is 0 Å². The molecule has 106 valence electrons. The second kappa shape index (κ2) is 9.70. The molecule has 0 saturated heterocycles. The first-order valence-electron chi connectivity index (χ1n) is 6.52. The van der Waals surface area contributed by atoms with Crippen LogP contribution in [0, 0.1) is 5.92 Å². The summed E-state index contributed by atoms with van der Waals surface area (Å²) in [6.45, 7) is 5.52. The highest BCUT2D eigenvalue weighted by Crippen LogP contribution is 2.01. The number of nitrogens with two attached hydrogens (primary N) is 3. The number of nitrogens with zero attached hydrogens (tertiary/aromatic N) is 1. The molecule has 7 N–H and O–H groups in total. The van der Waals surface area contributed by atoms with Crippen LogP contribution in [0.4, 0.5) is 0 Å². The van der Waals surface area contributed by atoms with Gasteiger partial charge >= 0.3 is 0 Å². The van der Waals surface area contributed by atoms with Crippen molar-refractivity contribution >= 4 is 11.9 Å². The summed E-state index contributed by atoms with van der Waals surface area (Å²) in [6.07, 6.45) is 3.32. The fourth-order valence-electron chi connectivity index (χ4n) is 1.43. The number of carbonyl (C=O) groups is 1. The van der Waals surface area contributed by atoms with E-state index in [9.17, 15) is 4.79 Å². The third-order valence-corrected chi connectivity index (χ3v) is 2.58. The number of aliphatic imine (C=N–C) groups is 1. The molecule has 1 amide bonds. The van der Waals surface area contributed by atoms with Crippen molar-refractivity contribution in [1.29, 1.82) is 0 Å². The van der Waals surface area contributed by atoms with E-state index >= 15 is 0 Å². The van der Waals surface area contributed by atoms with E-state index in [1.165, 1.54) is 0 Å². The van der Waals surface area contributed by atoms with Crippen LogP contribution >= 0.6 is 0 Å². The van der Waals surface area contributed by atoms with Crippen molar-refractivity contribution in [3.63, 3.8) is 0 Å². The molecule has 0 aromatic heterocycles. The SMILES string of the molecule is CC(C)CCNC(=O)C(N)CCCCN=C(N)N. The average molecular weight is 257 g/mol. The van der Waals surface area contributed by atoms with Gasteiger partial charge < -0.3 is 22.5 Å². The van der Waals surface area contributed by atoms with E-state index in [0.29, 0.717) is 25.4 Å². The van der Waals surface area contributed by atoms with Crippen LogP contribution in [-0.4, -0.2) is 31.0 Å². The van der Waals surface area contributed by atoms with Crippen LogP contribution in [0.2, 0.25) is 0 Å². The zero-order chi connectivity index (χ0) is 14.0. The molecule has 0 spiro atoms. The van der Waals surface area contributed by atoms with Gasteiger partial charge in [-0.15, -0.1) is 0 Å². The number of nitrogens with one attached hydrogen (secondary N) is 1. The minimum Gasteiger partial charge on any atom is -0.370 e. The minimum atomic E-state index is -0.434. The van der Waals surface area contributed by atoms with Gasteiger partial charge in [0.2, 0.25) is 5.91 Å². The van der Waals surface area contributed by atoms with Gasteiger partial charge in [0.25, 0.3) is 0 Å². The van der Waals surface area contributed by atoms with Crippen LogP contribution in [0.15, 0.2) is 4.99 Å². The molecule has 0 aromatic rings. The maximum absolute atomic E-state index is 11.6. The number of hydrogen-bond donors (Lipinski definition) is 4. The predicted octanol–water partition coefficient (Wildman–Crippen LogP) is -0.0803. The molecule has 18 heavy (non-hydrogen) atoms. The van der Waals surface area contributed by atoms with Crippen LogP contribution in [0.1, 0.15) is 39.5 Å². The van der Waals surface area contributed by atoms with Gasteiger partial charge in [-0.3, -0.25) is 9.79 Å². The first kappa shape index (κ1) is 16.7. The lowest BCUT2D eigenvalue weighted by molar-refractivity contribution is -0.122. The Labute approximate surface area is 109 Å². The topological polar surface area (TPSA) is 120 Å². The summed E-state index contributed by atoms with van der Waals surface area (Å²) < 4.78 is 0. The van der Waals surface area contributed by atoms with Crippen molar-refractivity contribution in [3.05, 3.63) is 0 Å². The summed E-state index contributed by atoms with van der Waals surface area (Å²) in [5.74, 6) is 0.615. The van der Waals surface area contributed by atoms with Gasteiger partial charge in [0.15, 0.2) is 5.96 Å². The van der Waals surface area contributed by atoms with Crippen LogP contribution < -0.4 is 22.5 Å². The molecule has 0 aliphatic heterocycles. The Hall–Kier alpha value is -1.30. The van der Waals surface area contributed by atoms with Gasteiger partial charge in [0, 0.05) is 13.1 Å². The summed E-state index contributed by atoms with van der Waals surface area (Å²) in [5, 5.41) is 2.84. The zero-order valence-electron chi connectivity index (χ0n) is 11.5. The van der Waals surface area contributed by atoms with Crippen molar-refractivity contribution in [2.24, 2.45) is 28.1 Å². The van der Waals surface area contributed by atoms with Crippen molar-refractivity contribution in [2.45, 2.75) is 45.6 Å². The van der Waals surface area contributed by atoms with Crippen LogP contribution in [-0.2, 0) is 4.79 Å². The molecule has 1 unspecified atom stereocenters. The number of unbranched alkanes of at least 4 members (excludes halogenated alkanes) is 1. The van der Waals surface area contributed by atoms with E-state index in [-0.39, 0.29) is 11.9 Å². The summed E-state index contributed by atoms with van der Waals surface area (Å²) in [5.41, 5.74) is 16.2. The quantitative estimate of drug-likeness (QED) is 0.262. The Morgan fingerprint density at radius 2 is 1.89 bits per heavy atom. The molecule has 6 nitrogen and oxygen atoms in total. The Morgan fingerprint density at radius 1 is 1.22 bits per heavy atom. The molecule has 6 heteroatoms. The third kappa shape index (κ3) is 9.89. The van der Waals surface area contributed by atoms with E-state index in [4.69, 9.17) is 17.2 Å². The molecular weight excluding hydrogens is 230 g/mol. The van der Waals surface area contributed by atoms with Gasteiger partial charge in [-0.25, -0.2) is 0 Å². The van der Waals surface area contributed by atoms with E-state index < -0.39 is 6.04 Å². The standard InChI is InChI=1S/C12H27N5O/c1-9(2)6-8-16-11(18)10(13)5-3-4-7-17-12(14)15/h9-10H,3-8,13H2,1-2H3,(H,16,18)(H4,14,15,17). The number of hydrogen-bond acceptors (Lipinski definition) is 3. The molecule has 0 saturated carbocycles. The molecule has 0 heterocycles. The number of guanidine groups is 1. The molecule has 0 aliphatic carbocycles. The summed E-state index contributed by atoms with van der Waals surface area (Å²) in [4.78, 5) is 15.5. The van der Waals surface area contributed by atoms with Gasteiger partial charge in [-0.2, -0.15) is 0 Å². The lowest BCUT2D eigenvalue weighted by Gasteiger charge is -2.12. The lowest BCUT2D eigenvalue weighted by Crippen LogP contribution is -2.41. The van der Waals surface area contributed by atoms with E-state index in [2.05, 4.69) is 24.2 Å². The number of rotatable bonds is 9. The molecule has 0 aromatic carbocycles. The predicted molar refractivity (Wildman–Crippen MR) is 75.0 cm³/mol. The lowest BCUT2D eigenvalue weighted by atomic mass is 10.1. The molecule has 0 aliphatic rings. The van der Waals surface area contributed by atoms with E-state index in [0.717, 1.165) is 19.3 Å². The van der Waals surface area contributed by atoms with Gasteiger partial charge in [-0.1, -0.05) is 13.8 Å². The summed E-state index contributed by atoms with van der Waals surface area (Å²) in [6, 6.07) is -0.434. The smallest absolute Gasteiger partial charge is 0.236 e.